The molecule has 0 spiro atoms. The lowest BCUT2D eigenvalue weighted by atomic mass is 10.1. The largest absolute Gasteiger partial charge is 0.465 e. The molecule has 0 aromatic heterocycles. The number of rotatable bonds is 5. The van der Waals surface area contributed by atoms with Crippen LogP contribution in [0.5, 0.6) is 0 Å². The molecule has 156 valence electrons. The van der Waals surface area contributed by atoms with E-state index in [2.05, 4.69) is 10.1 Å². The number of hydrogen-bond donors (Lipinski definition) is 1. The van der Waals surface area contributed by atoms with E-state index in [1.807, 2.05) is 0 Å². The summed E-state index contributed by atoms with van der Waals surface area (Å²) in [7, 11) is 2.40. The number of ether oxygens (including phenoxy) is 2. The van der Waals surface area contributed by atoms with Gasteiger partial charge in [0.2, 0.25) is 11.8 Å². The Bertz CT molecular complexity index is 1010. The van der Waals surface area contributed by atoms with Crippen LogP contribution in [-0.2, 0) is 19.1 Å². The minimum absolute atomic E-state index is 0.0482. The third-order valence-corrected chi connectivity index (χ3v) is 4.74. The van der Waals surface area contributed by atoms with E-state index >= 15 is 0 Å². The molecule has 1 fully saturated rings. The number of esters is 2. The summed E-state index contributed by atoms with van der Waals surface area (Å²) in [6.07, 6.45) is -0.0482. The van der Waals surface area contributed by atoms with Crippen molar-refractivity contribution in [2.75, 3.05) is 31.0 Å². The summed E-state index contributed by atoms with van der Waals surface area (Å²) in [5, 5.41) is 2.60. The Morgan fingerprint density at radius 1 is 1.03 bits per heavy atom. The Hall–Kier alpha value is -3.75. The molecule has 0 saturated carbocycles. The number of benzene rings is 2. The molecule has 1 heterocycles. The molecule has 1 N–H and O–H groups in total. The van der Waals surface area contributed by atoms with Crippen LogP contribution >= 0.6 is 0 Å². The van der Waals surface area contributed by atoms with Crippen molar-refractivity contribution in [1.82, 2.24) is 0 Å². The minimum atomic E-state index is -0.699. The average molecular weight is 414 g/mol. The molecule has 9 heteroatoms. The van der Waals surface area contributed by atoms with Gasteiger partial charge in [0.05, 0.1) is 37.0 Å². The lowest BCUT2D eigenvalue weighted by Gasteiger charge is -2.17. The van der Waals surface area contributed by atoms with Crippen molar-refractivity contribution >= 4 is 35.1 Å². The average Bonchev–Trinajstić information content (AvgIpc) is 3.14. The van der Waals surface area contributed by atoms with Gasteiger partial charge in [-0.2, -0.15) is 0 Å². The molecule has 2 aromatic rings. The molecule has 0 unspecified atom stereocenters. The van der Waals surface area contributed by atoms with Gasteiger partial charge in [-0.15, -0.1) is 0 Å². The van der Waals surface area contributed by atoms with E-state index in [9.17, 15) is 23.6 Å². The smallest absolute Gasteiger partial charge is 0.339 e. The molecule has 3 rings (SSSR count). The topological polar surface area (TPSA) is 102 Å². The van der Waals surface area contributed by atoms with E-state index in [0.29, 0.717) is 5.69 Å². The van der Waals surface area contributed by atoms with Gasteiger partial charge in [-0.25, -0.2) is 14.0 Å². The van der Waals surface area contributed by atoms with Gasteiger partial charge in [0, 0.05) is 18.7 Å². The quantitative estimate of drug-likeness (QED) is 0.754. The van der Waals surface area contributed by atoms with Gasteiger partial charge in [-0.3, -0.25) is 9.59 Å². The van der Waals surface area contributed by atoms with Gasteiger partial charge in [0.15, 0.2) is 0 Å². The Morgan fingerprint density at radius 2 is 1.70 bits per heavy atom. The SMILES string of the molecule is COC(=O)c1ccc(C(=O)OC)c(NC(=O)[C@H]2CC(=O)N(c3ccc(F)cc3)C2)c1. The summed E-state index contributed by atoms with van der Waals surface area (Å²) >= 11 is 0. The fourth-order valence-electron chi connectivity index (χ4n) is 3.17. The third-order valence-electron chi connectivity index (χ3n) is 4.74. The second-order valence-electron chi connectivity index (χ2n) is 6.61. The van der Waals surface area contributed by atoms with E-state index in [4.69, 9.17) is 4.74 Å². The number of anilines is 2. The normalized spacial score (nSPS) is 15.6. The number of hydrogen-bond acceptors (Lipinski definition) is 6. The van der Waals surface area contributed by atoms with Crippen LogP contribution in [-0.4, -0.2) is 44.5 Å². The van der Waals surface area contributed by atoms with E-state index < -0.39 is 29.6 Å². The molecule has 0 radical (unpaired) electrons. The Kier molecular flexibility index (Phi) is 6.10. The number of amides is 2. The number of nitrogens with one attached hydrogen (secondary N) is 1. The van der Waals surface area contributed by atoms with Crippen LogP contribution in [0.4, 0.5) is 15.8 Å². The molecule has 1 atom stereocenters. The molecule has 0 bridgehead atoms. The number of halogens is 1. The van der Waals surface area contributed by atoms with Gasteiger partial charge < -0.3 is 19.7 Å². The zero-order valence-corrected chi connectivity index (χ0v) is 16.3. The zero-order chi connectivity index (χ0) is 21.8. The molecule has 1 saturated heterocycles. The van der Waals surface area contributed by atoms with Gasteiger partial charge in [0.25, 0.3) is 0 Å². The molecule has 1 aliphatic heterocycles. The standard InChI is InChI=1S/C21H19FN2O6/c1-29-20(27)12-3-8-16(21(28)30-2)17(9-12)23-19(26)13-10-18(25)24(11-13)15-6-4-14(22)5-7-15/h3-9,13H,10-11H2,1-2H3,(H,23,26)/t13-/m0/s1. The Morgan fingerprint density at radius 3 is 2.33 bits per heavy atom. The van der Waals surface area contributed by atoms with Gasteiger partial charge in [-0.1, -0.05) is 0 Å². The Balaban J connectivity index is 1.81. The summed E-state index contributed by atoms with van der Waals surface area (Å²) < 4.78 is 22.5. The number of methoxy groups -OCH3 is 2. The fraction of sp³-hybridized carbons (Fsp3) is 0.238. The summed E-state index contributed by atoms with van der Waals surface area (Å²) in [5.74, 6) is -3.24. The van der Waals surface area contributed by atoms with Crippen LogP contribution in [0.15, 0.2) is 42.5 Å². The minimum Gasteiger partial charge on any atom is -0.465 e. The Labute approximate surface area is 171 Å². The molecule has 30 heavy (non-hydrogen) atoms. The van der Waals surface area contributed by atoms with Crippen LogP contribution in [0.2, 0.25) is 0 Å². The van der Waals surface area contributed by atoms with Crippen LogP contribution < -0.4 is 10.2 Å². The first-order chi connectivity index (χ1) is 14.3. The molecule has 0 aliphatic carbocycles. The molecule has 2 aromatic carbocycles. The van der Waals surface area contributed by atoms with Crippen molar-refractivity contribution in [3.63, 3.8) is 0 Å². The highest BCUT2D eigenvalue weighted by Crippen LogP contribution is 2.27. The molecular weight excluding hydrogens is 395 g/mol. The first kappa shape index (κ1) is 21.0. The summed E-state index contributed by atoms with van der Waals surface area (Å²) in [6.45, 7) is 0.0978. The first-order valence-electron chi connectivity index (χ1n) is 9.01. The third kappa shape index (κ3) is 4.29. The number of carbonyl (C=O) groups excluding carboxylic acids is 4. The first-order valence-corrected chi connectivity index (χ1v) is 9.01. The molecule has 2 amide bonds. The van der Waals surface area contributed by atoms with E-state index in [1.54, 1.807) is 0 Å². The highest BCUT2D eigenvalue weighted by Gasteiger charge is 2.35. The van der Waals surface area contributed by atoms with Crippen molar-refractivity contribution < 1.29 is 33.0 Å². The van der Waals surface area contributed by atoms with Crippen molar-refractivity contribution in [3.8, 4) is 0 Å². The number of carbonyl (C=O) groups is 4. The second kappa shape index (κ2) is 8.73. The fourth-order valence-corrected chi connectivity index (χ4v) is 3.17. The maximum Gasteiger partial charge on any atom is 0.339 e. The summed E-state index contributed by atoms with van der Waals surface area (Å²) in [4.78, 5) is 50.4. The predicted molar refractivity (Wildman–Crippen MR) is 105 cm³/mol. The van der Waals surface area contributed by atoms with Crippen LogP contribution in [0.1, 0.15) is 27.1 Å². The number of nitrogens with zero attached hydrogens (tertiary/aromatic N) is 1. The van der Waals surface area contributed by atoms with Crippen molar-refractivity contribution in [1.29, 1.82) is 0 Å². The summed E-state index contributed by atoms with van der Waals surface area (Å²) in [5.41, 5.74) is 0.746. The monoisotopic (exact) mass is 414 g/mol. The van der Waals surface area contributed by atoms with Crippen molar-refractivity contribution in [2.24, 2.45) is 5.92 Å². The highest BCUT2D eigenvalue weighted by molar-refractivity contribution is 6.07. The lowest BCUT2D eigenvalue weighted by molar-refractivity contribution is -0.122. The predicted octanol–water partition coefficient (Wildman–Crippen LogP) is 2.39. The van der Waals surface area contributed by atoms with Gasteiger partial charge in [-0.05, 0) is 42.5 Å². The maximum absolute atomic E-state index is 13.1. The van der Waals surface area contributed by atoms with E-state index in [-0.39, 0.29) is 35.7 Å². The van der Waals surface area contributed by atoms with Crippen molar-refractivity contribution in [3.05, 3.63) is 59.4 Å². The maximum atomic E-state index is 13.1. The lowest BCUT2D eigenvalue weighted by Crippen LogP contribution is -2.28. The van der Waals surface area contributed by atoms with Crippen LogP contribution in [0.25, 0.3) is 0 Å². The van der Waals surface area contributed by atoms with E-state index in [1.165, 1.54) is 61.6 Å². The van der Waals surface area contributed by atoms with Crippen molar-refractivity contribution in [2.45, 2.75) is 6.42 Å². The van der Waals surface area contributed by atoms with Crippen LogP contribution in [0.3, 0.4) is 0 Å². The zero-order valence-electron chi connectivity index (χ0n) is 16.3. The van der Waals surface area contributed by atoms with Gasteiger partial charge >= 0.3 is 11.9 Å². The summed E-state index contributed by atoms with van der Waals surface area (Å²) in [6, 6.07) is 9.42. The van der Waals surface area contributed by atoms with Crippen LogP contribution in [0, 0.1) is 11.7 Å². The molecule has 8 nitrogen and oxygen atoms in total. The van der Waals surface area contributed by atoms with E-state index in [0.717, 1.165) is 0 Å². The van der Waals surface area contributed by atoms with Gasteiger partial charge in [0.1, 0.15) is 5.82 Å². The highest BCUT2D eigenvalue weighted by atomic mass is 19.1. The molecular formula is C21H19FN2O6. The second-order valence-corrected chi connectivity index (χ2v) is 6.61. The molecule has 1 aliphatic rings.